The molecule has 0 fully saturated rings. The lowest BCUT2D eigenvalue weighted by Crippen LogP contribution is -1.99. The zero-order chi connectivity index (χ0) is 15.0. The fourth-order valence-corrected chi connectivity index (χ4v) is 2.07. The monoisotopic (exact) mass is 283 g/mol. The van der Waals surface area contributed by atoms with Gasteiger partial charge in [0.15, 0.2) is 11.5 Å². The second-order valence-electron chi connectivity index (χ2n) is 4.64. The molecule has 0 aliphatic carbocycles. The summed E-state index contributed by atoms with van der Waals surface area (Å²) in [4.78, 5) is 15.5. The van der Waals surface area contributed by atoms with Crippen LogP contribution in [0.3, 0.4) is 0 Å². The first-order valence-electron chi connectivity index (χ1n) is 6.36. The summed E-state index contributed by atoms with van der Waals surface area (Å²) in [7, 11) is 1.79. The lowest BCUT2D eigenvalue weighted by Gasteiger charge is -1.97. The summed E-state index contributed by atoms with van der Waals surface area (Å²) in [5.74, 6) is -0.614. The second-order valence-corrected chi connectivity index (χ2v) is 4.64. The summed E-state index contributed by atoms with van der Waals surface area (Å²) in [6.07, 6.45) is 1.58. The minimum absolute atomic E-state index is 0.107. The SMILES string of the molecule is Cc1c(-c2oc(-c3ccccc3)nc2C(=O)O)cnn1C. The van der Waals surface area contributed by atoms with Crippen molar-refractivity contribution >= 4 is 5.97 Å². The molecule has 0 unspecified atom stereocenters. The molecule has 0 amide bonds. The van der Waals surface area contributed by atoms with Crippen LogP contribution in [0.25, 0.3) is 22.8 Å². The first-order chi connectivity index (χ1) is 10.1. The molecule has 0 aliphatic heterocycles. The van der Waals surface area contributed by atoms with Crippen LogP contribution in [0.2, 0.25) is 0 Å². The van der Waals surface area contributed by atoms with Crippen LogP contribution in [0.4, 0.5) is 0 Å². The van der Waals surface area contributed by atoms with E-state index >= 15 is 0 Å². The third kappa shape index (κ3) is 2.20. The molecule has 0 radical (unpaired) electrons. The summed E-state index contributed by atoms with van der Waals surface area (Å²) in [6, 6.07) is 9.19. The van der Waals surface area contributed by atoms with Crippen molar-refractivity contribution in [1.82, 2.24) is 14.8 Å². The number of rotatable bonds is 3. The number of nitrogens with zero attached hydrogens (tertiary/aromatic N) is 3. The molecule has 0 aliphatic rings. The number of aryl methyl sites for hydroxylation is 1. The minimum atomic E-state index is -1.13. The number of oxazole rings is 1. The van der Waals surface area contributed by atoms with E-state index in [1.807, 2.05) is 37.3 Å². The predicted octanol–water partition coefficient (Wildman–Crippen LogP) is 2.75. The van der Waals surface area contributed by atoms with E-state index in [-0.39, 0.29) is 17.3 Å². The number of carboxylic acids is 1. The Morgan fingerprint density at radius 3 is 2.57 bits per heavy atom. The van der Waals surface area contributed by atoms with E-state index in [9.17, 15) is 9.90 Å². The molecule has 1 aromatic carbocycles. The third-order valence-electron chi connectivity index (χ3n) is 3.33. The number of benzene rings is 1. The third-order valence-corrected chi connectivity index (χ3v) is 3.33. The number of hydrogen-bond donors (Lipinski definition) is 1. The van der Waals surface area contributed by atoms with Crippen LogP contribution in [-0.2, 0) is 7.05 Å². The average Bonchev–Trinajstić information content (AvgIpc) is 3.05. The smallest absolute Gasteiger partial charge is 0.358 e. The van der Waals surface area contributed by atoms with Gasteiger partial charge in [-0.3, -0.25) is 4.68 Å². The Balaban J connectivity index is 2.19. The van der Waals surface area contributed by atoms with Crippen molar-refractivity contribution in [3.8, 4) is 22.8 Å². The lowest BCUT2D eigenvalue weighted by molar-refractivity contribution is 0.0691. The minimum Gasteiger partial charge on any atom is -0.476 e. The van der Waals surface area contributed by atoms with Crippen molar-refractivity contribution in [3.63, 3.8) is 0 Å². The highest BCUT2D eigenvalue weighted by Gasteiger charge is 2.24. The van der Waals surface area contributed by atoms with E-state index in [0.717, 1.165) is 11.3 Å². The van der Waals surface area contributed by atoms with Gasteiger partial charge in [-0.15, -0.1) is 0 Å². The molecular formula is C15H13N3O3. The number of aromatic nitrogens is 3. The standard InChI is InChI=1S/C15H13N3O3/c1-9-11(8-16-18(9)2)13-12(15(19)20)17-14(21-13)10-6-4-3-5-7-10/h3-8H,1-2H3,(H,19,20). The molecule has 0 spiro atoms. The maximum Gasteiger partial charge on any atom is 0.358 e. The summed E-state index contributed by atoms with van der Waals surface area (Å²) < 4.78 is 7.36. The zero-order valence-corrected chi connectivity index (χ0v) is 11.6. The Kier molecular flexibility index (Phi) is 3.06. The number of aromatic carboxylic acids is 1. The molecule has 106 valence electrons. The van der Waals surface area contributed by atoms with Crippen LogP contribution in [0.1, 0.15) is 16.2 Å². The van der Waals surface area contributed by atoms with Crippen molar-refractivity contribution < 1.29 is 14.3 Å². The van der Waals surface area contributed by atoms with Gasteiger partial charge >= 0.3 is 5.97 Å². The van der Waals surface area contributed by atoms with Gasteiger partial charge < -0.3 is 9.52 Å². The van der Waals surface area contributed by atoms with E-state index < -0.39 is 5.97 Å². The summed E-state index contributed by atoms with van der Waals surface area (Å²) in [5, 5.41) is 13.4. The van der Waals surface area contributed by atoms with Gasteiger partial charge in [0.1, 0.15) is 0 Å². The van der Waals surface area contributed by atoms with E-state index in [1.165, 1.54) is 0 Å². The molecule has 2 aromatic heterocycles. The molecule has 1 N–H and O–H groups in total. The summed E-state index contributed by atoms with van der Waals surface area (Å²) in [6.45, 7) is 1.85. The molecule has 0 bridgehead atoms. The van der Waals surface area contributed by atoms with Gasteiger partial charge in [0.2, 0.25) is 5.89 Å². The fourth-order valence-electron chi connectivity index (χ4n) is 2.07. The van der Waals surface area contributed by atoms with E-state index in [4.69, 9.17) is 4.42 Å². The predicted molar refractivity (Wildman–Crippen MR) is 75.8 cm³/mol. The summed E-state index contributed by atoms with van der Waals surface area (Å²) >= 11 is 0. The molecule has 6 heteroatoms. The number of carbonyl (C=O) groups is 1. The number of hydrogen-bond acceptors (Lipinski definition) is 4. The fraction of sp³-hybridized carbons (Fsp3) is 0.133. The van der Waals surface area contributed by atoms with Gasteiger partial charge in [0.25, 0.3) is 0 Å². The molecule has 0 saturated heterocycles. The molecule has 0 atom stereocenters. The Morgan fingerprint density at radius 2 is 2.00 bits per heavy atom. The van der Waals surface area contributed by atoms with Crippen molar-refractivity contribution in [3.05, 3.63) is 47.9 Å². The van der Waals surface area contributed by atoms with Crippen LogP contribution in [0, 0.1) is 6.92 Å². The van der Waals surface area contributed by atoms with Gasteiger partial charge in [-0.2, -0.15) is 5.10 Å². The van der Waals surface area contributed by atoms with Crippen molar-refractivity contribution in [1.29, 1.82) is 0 Å². The first kappa shape index (κ1) is 13.1. The van der Waals surface area contributed by atoms with Crippen LogP contribution < -0.4 is 0 Å². The van der Waals surface area contributed by atoms with Crippen LogP contribution in [-0.4, -0.2) is 25.8 Å². The Labute approximate surface area is 120 Å². The van der Waals surface area contributed by atoms with Crippen LogP contribution in [0.5, 0.6) is 0 Å². The van der Waals surface area contributed by atoms with Gasteiger partial charge in [0.05, 0.1) is 11.8 Å². The van der Waals surface area contributed by atoms with Crippen molar-refractivity contribution in [2.24, 2.45) is 7.05 Å². The molecule has 3 rings (SSSR count). The zero-order valence-electron chi connectivity index (χ0n) is 11.6. The average molecular weight is 283 g/mol. The molecular weight excluding hydrogens is 270 g/mol. The number of carboxylic acid groups (broad SMARTS) is 1. The Hall–Kier alpha value is -2.89. The van der Waals surface area contributed by atoms with Crippen molar-refractivity contribution in [2.75, 3.05) is 0 Å². The first-order valence-corrected chi connectivity index (χ1v) is 6.36. The summed E-state index contributed by atoms with van der Waals surface area (Å²) in [5.41, 5.74) is 2.07. The maximum absolute atomic E-state index is 11.4. The van der Waals surface area contributed by atoms with Crippen molar-refractivity contribution in [2.45, 2.75) is 6.92 Å². The molecule has 0 saturated carbocycles. The van der Waals surface area contributed by atoms with Gasteiger partial charge in [0, 0.05) is 18.3 Å². The highest BCUT2D eigenvalue weighted by molar-refractivity contribution is 5.93. The highest BCUT2D eigenvalue weighted by Crippen LogP contribution is 2.31. The quantitative estimate of drug-likeness (QED) is 0.799. The van der Waals surface area contributed by atoms with E-state index in [0.29, 0.717) is 5.56 Å². The Morgan fingerprint density at radius 1 is 1.29 bits per heavy atom. The molecule has 21 heavy (non-hydrogen) atoms. The van der Waals surface area contributed by atoms with E-state index in [1.54, 1.807) is 17.9 Å². The second kappa shape index (κ2) is 4.90. The van der Waals surface area contributed by atoms with Gasteiger partial charge in [-0.25, -0.2) is 9.78 Å². The van der Waals surface area contributed by atoms with E-state index in [2.05, 4.69) is 10.1 Å². The molecule has 6 nitrogen and oxygen atoms in total. The van der Waals surface area contributed by atoms with Crippen LogP contribution >= 0.6 is 0 Å². The normalized spacial score (nSPS) is 10.8. The maximum atomic E-state index is 11.4. The topological polar surface area (TPSA) is 81.2 Å². The Bertz CT molecular complexity index is 803. The largest absolute Gasteiger partial charge is 0.476 e. The van der Waals surface area contributed by atoms with Crippen LogP contribution in [0.15, 0.2) is 40.9 Å². The molecule has 3 aromatic rings. The van der Waals surface area contributed by atoms with Gasteiger partial charge in [-0.05, 0) is 19.1 Å². The molecule has 2 heterocycles. The van der Waals surface area contributed by atoms with Gasteiger partial charge in [-0.1, -0.05) is 18.2 Å². The highest BCUT2D eigenvalue weighted by atomic mass is 16.4. The lowest BCUT2D eigenvalue weighted by atomic mass is 10.2.